The third kappa shape index (κ3) is 9.03. The molecule has 43 heavy (non-hydrogen) atoms. The van der Waals surface area contributed by atoms with Crippen LogP contribution in [0.5, 0.6) is 11.6 Å². The molecule has 5 rings (SSSR count). The van der Waals surface area contributed by atoms with Gasteiger partial charge in [-0.05, 0) is 87.3 Å². The second-order valence-corrected chi connectivity index (χ2v) is 12.1. The summed E-state index contributed by atoms with van der Waals surface area (Å²) in [4.78, 5) is 38.8. The van der Waals surface area contributed by atoms with Gasteiger partial charge in [0.05, 0.1) is 11.9 Å². The van der Waals surface area contributed by atoms with E-state index in [4.69, 9.17) is 38.0 Å². The summed E-state index contributed by atoms with van der Waals surface area (Å²) in [6, 6.07) is 13.3. The third-order valence-electron chi connectivity index (χ3n) is 7.93. The van der Waals surface area contributed by atoms with Crippen LogP contribution >= 0.6 is 23.2 Å². The van der Waals surface area contributed by atoms with E-state index >= 15 is 0 Å². The maximum absolute atomic E-state index is 11.7. The lowest BCUT2D eigenvalue weighted by atomic mass is 9.92. The van der Waals surface area contributed by atoms with Gasteiger partial charge in [0.15, 0.2) is 0 Å². The van der Waals surface area contributed by atoms with E-state index in [0.29, 0.717) is 46.3 Å². The molecule has 2 aliphatic rings. The molecule has 10 nitrogen and oxygen atoms in total. The molecule has 2 aliphatic heterocycles. The molecule has 2 fully saturated rings. The van der Waals surface area contributed by atoms with Crippen LogP contribution in [0.3, 0.4) is 0 Å². The molecule has 2 amide bonds. The van der Waals surface area contributed by atoms with E-state index in [9.17, 15) is 9.59 Å². The number of hydrogen-bond acceptors (Lipinski definition) is 8. The number of rotatable bonds is 9. The quantitative estimate of drug-likeness (QED) is 0.305. The van der Waals surface area contributed by atoms with E-state index in [1.54, 1.807) is 12.3 Å². The number of likely N-dealkylation sites (N-methyl/N-ethyl adjacent to an activating group) is 1. The lowest BCUT2D eigenvalue weighted by Gasteiger charge is -2.33. The number of carbonyl (C=O) groups excluding carboxylic acids is 1. The lowest BCUT2D eigenvalue weighted by molar-refractivity contribution is -0.120. The summed E-state index contributed by atoms with van der Waals surface area (Å²) < 4.78 is 6.22. The highest BCUT2D eigenvalue weighted by atomic mass is 35.5. The number of hydrogen-bond donors (Lipinski definition) is 2. The van der Waals surface area contributed by atoms with Crippen molar-refractivity contribution >= 4 is 41.0 Å². The molecule has 0 atom stereocenters. The van der Waals surface area contributed by atoms with Gasteiger partial charge in [0.2, 0.25) is 11.8 Å². The molecule has 4 heterocycles. The van der Waals surface area contributed by atoms with Crippen molar-refractivity contribution < 1.29 is 19.4 Å². The van der Waals surface area contributed by atoms with Gasteiger partial charge in [-0.25, -0.2) is 14.8 Å². The molecule has 2 saturated heterocycles. The van der Waals surface area contributed by atoms with E-state index < -0.39 is 12.0 Å². The van der Waals surface area contributed by atoms with Crippen LogP contribution in [0.1, 0.15) is 31.2 Å². The highest BCUT2D eigenvalue weighted by Gasteiger charge is 2.21. The topological polar surface area (TPSA) is 111 Å². The summed E-state index contributed by atoms with van der Waals surface area (Å²) in [6.45, 7) is 6.35. The maximum Gasteiger partial charge on any atom is 0.411 e. The first kappa shape index (κ1) is 31.0. The molecule has 2 N–H and O–H groups in total. The second kappa shape index (κ2) is 14.4. The number of carboxylic acid groups (broad SMARTS) is 1. The van der Waals surface area contributed by atoms with Crippen molar-refractivity contribution in [2.75, 3.05) is 51.2 Å². The fraction of sp³-hybridized carbons (Fsp3) is 0.419. The molecule has 0 saturated carbocycles. The van der Waals surface area contributed by atoms with Gasteiger partial charge in [-0.3, -0.25) is 15.0 Å². The molecule has 0 aliphatic carbocycles. The fourth-order valence-electron chi connectivity index (χ4n) is 5.54. The van der Waals surface area contributed by atoms with Crippen LogP contribution in [0.25, 0.3) is 11.3 Å². The minimum atomic E-state index is -1.31. The van der Waals surface area contributed by atoms with Crippen LogP contribution in [0, 0.1) is 5.92 Å². The Hall–Kier alpha value is -3.44. The van der Waals surface area contributed by atoms with Crippen molar-refractivity contribution in [3.05, 3.63) is 64.3 Å². The van der Waals surface area contributed by atoms with Crippen LogP contribution < -0.4 is 15.0 Å². The summed E-state index contributed by atoms with van der Waals surface area (Å²) >= 11 is 12.6. The van der Waals surface area contributed by atoms with Crippen LogP contribution in [-0.4, -0.2) is 83.2 Å². The number of likely N-dealkylation sites (tertiary alicyclic amines) is 1. The Bertz CT molecular complexity index is 1400. The second-order valence-electron chi connectivity index (χ2n) is 11.2. The Morgan fingerprint density at radius 3 is 2.37 bits per heavy atom. The Labute approximate surface area is 261 Å². The number of amides is 2. The highest BCUT2D eigenvalue weighted by molar-refractivity contribution is 6.35. The summed E-state index contributed by atoms with van der Waals surface area (Å²) in [5, 5.41) is 11.7. The van der Waals surface area contributed by atoms with Crippen LogP contribution in [0.2, 0.25) is 10.0 Å². The third-order valence-corrected chi connectivity index (χ3v) is 8.37. The van der Waals surface area contributed by atoms with Crippen molar-refractivity contribution in [1.82, 2.24) is 25.1 Å². The number of anilines is 1. The summed E-state index contributed by atoms with van der Waals surface area (Å²) in [5.74, 6) is 1.93. The minimum Gasteiger partial charge on any atom is -0.465 e. The monoisotopic (exact) mass is 626 g/mol. The number of piperazine rings is 1. The van der Waals surface area contributed by atoms with Crippen molar-refractivity contribution in [3.63, 3.8) is 0 Å². The number of halogens is 2. The van der Waals surface area contributed by atoms with E-state index in [0.717, 1.165) is 69.1 Å². The normalized spacial score (nSPS) is 16.7. The number of aromatic nitrogens is 2. The van der Waals surface area contributed by atoms with Crippen LogP contribution in [-0.2, 0) is 11.3 Å². The van der Waals surface area contributed by atoms with E-state index in [1.807, 2.05) is 41.7 Å². The average Bonchev–Trinajstić information content (AvgIpc) is 2.97. The first-order chi connectivity index (χ1) is 20.7. The molecule has 0 spiro atoms. The van der Waals surface area contributed by atoms with Gasteiger partial charge in [0.25, 0.3) is 0 Å². The number of ether oxygens (including phenoxy) is 1. The number of benzene rings is 1. The minimum absolute atomic E-state index is 0.221. The Morgan fingerprint density at radius 2 is 1.72 bits per heavy atom. The zero-order chi connectivity index (χ0) is 30.3. The van der Waals surface area contributed by atoms with Crippen molar-refractivity contribution in [1.29, 1.82) is 0 Å². The molecule has 3 aromatic rings. The summed E-state index contributed by atoms with van der Waals surface area (Å²) in [7, 11) is 2.13. The number of pyridine rings is 2. The number of piperidine rings is 1. The van der Waals surface area contributed by atoms with Gasteiger partial charge >= 0.3 is 6.09 Å². The molecular weight excluding hydrogens is 591 g/mol. The van der Waals surface area contributed by atoms with Crippen molar-refractivity contribution in [2.45, 2.75) is 32.2 Å². The molecule has 228 valence electrons. The molecule has 12 heteroatoms. The van der Waals surface area contributed by atoms with Gasteiger partial charge in [-0.1, -0.05) is 23.2 Å². The number of nitrogens with one attached hydrogen (secondary N) is 1. The van der Waals surface area contributed by atoms with E-state index in [2.05, 4.69) is 26.7 Å². The SMILES string of the molecule is CN1CCN(c2ccc(Oc3cc(CN4CCC(CCC(=O)NC(=O)O)CC4)cc(-c4cc(Cl)cc(Cl)c4)n3)cn2)CC1. The molecule has 1 aromatic carbocycles. The Balaban J connectivity index is 1.28. The summed E-state index contributed by atoms with van der Waals surface area (Å²) in [6.07, 6.45) is 3.21. The summed E-state index contributed by atoms with van der Waals surface area (Å²) in [5.41, 5.74) is 2.54. The molecule has 2 aromatic heterocycles. The molecular formula is C31H36Cl2N6O4. The van der Waals surface area contributed by atoms with Crippen molar-refractivity contribution in [3.8, 4) is 22.9 Å². The van der Waals surface area contributed by atoms with E-state index in [-0.39, 0.29) is 6.42 Å². The van der Waals surface area contributed by atoms with Gasteiger partial charge in [-0.2, -0.15) is 0 Å². The zero-order valence-corrected chi connectivity index (χ0v) is 25.7. The van der Waals surface area contributed by atoms with Gasteiger partial charge in [0.1, 0.15) is 11.6 Å². The van der Waals surface area contributed by atoms with Gasteiger partial charge in [0, 0.05) is 60.8 Å². The molecule has 0 unspecified atom stereocenters. The number of imide groups is 1. The molecule has 0 bridgehead atoms. The predicted molar refractivity (Wildman–Crippen MR) is 167 cm³/mol. The lowest BCUT2D eigenvalue weighted by Crippen LogP contribution is -2.44. The Kier molecular flexibility index (Phi) is 10.3. The fourth-order valence-corrected chi connectivity index (χ4v) is 6.06. The largest absolute Gasteiger partial charge is 0.465 e. The van der Waals surface area contributed by atoms with Gasteiger partial charge in [-0.15, -0.1) is 0 Å². The van der Waals surface area contributed by atoms with Gasteiger partial charge < -0.3 is 19.6 Å². The first-order valence-electron chi connectivity index (χ1n) is 14.5. The average molecular weight is 628 g/mol. The van der Waals surface area contributed by atoms with Crippen molar-refractivity contribution in [2.24, 2.45) is 5.92 Å². The number of nitrogens with zero attached hydrogens (tertiary/aromatic N) is 5. The van der Waals surface area contributed by atoms with E-state index in [1.165, 1.54) is 0 Å². The maximum atomic E-state index is 11.7. The highest BCUT2D eigenvalue weighted by Crippen LogP contribution is 2.31. The predicted octanol–water partition coefficient (Wildman–Crippen LogP) is 5.78. The number of carbonyl (C=O) groups is 2. The first-order valence-corrected chi connectivity index (χ1v) is 15.3. The standard InChI is InChI=1S/C31H36Cl2N6O4/c1-37-10-12-39(13-11-37)28-4-3-26(19-34-28)43-30-15-22(14-27(35-30)23-16-24(32)18-25(33)17-23)20-38-8-6-21(7-9-38)2-5-29(40)36-31(41)42/h3-4,14-19,21H,2,5-13,20H2,1H3,(H,36,40)(H,41,42). The Morgan fingerprint density at radius 1 is 1.00 bits per heavy atom. The van der Waals surface area contributed by atoms with Crippen LogP contribution in [0.4, 0.5) is 10.6 Å². The zero-order valence-electron chi connectivity index (χ0n) is 24.1. The molecule has 0 radical (unpaired) electrons. The smallest absolute Gasteiger partial charge is 0.411 e. The van der Waals surface area contributed by atoms with Crippen LogP contribution in [0.15, 0.2) is 48.7 Å².